The Morgan fingerprint density at radius 2 is 2.06 bits per heavy atom. The first-order valence-corrected chi connectivity index (χ1v) is 10.6. The summed E-state index contributed by atoms with van der Waals surface area (Å²) < 4.78 is 19.1. The van der Waals surface area contributed by atoms with Crippen LogP contribution in [0.3, 0.4) is 0 Å². The van der Waals surface area contributed by atoms with Gasteiger partial charge in [0.25, 0.3) is 0 Å². The molecule has 1 N–H and O–H groups in total. The number of nitrogens with zero attached hydrogens (tertiary/aromatic N) is 2. The second-order valence-electron chi connectivity index (χ2n) is 8.30. The van der Waals surface area contributed by atoms with E-state index >= 15 is 0 Å². The normalized spacial score (nSPS) is 15.0. The molecule has 0 aliphatic carbocycles. The van der Waals surface area contributed by atoms with E-state index in [0.717, 1.165) is 42.9 Å². The molecule has 160 valence electrons. The molecule has 2 aliphatic heterocycles. The van der Waals surface area contributed by atoms with Crippen molar-refractivity contribution >= 4 is 17.3 Å². The van der Waals surface area contributed by atoms with E-state index in [4.69, 9.17) is 4.74 Å². The van der Waals surface area contributed by atoms with Crippen LogP contribution in [0.15, 0.2) is 48.5 Å². The van der Waals surface area contributed by atoms with E-state index in [1.165, 1.54) is 22.8 Å². The zero-order chi connectivity index (χ0) is 22.2. The molecule has 6 heteroatoms. The fraction of sp³-hybridized carbons (Fsp3) is 0.231. The molecule has 0 fully saturated rings. The quantitative estimate of drug-likeness (QED) is 0.595. The lowest BCUT2D eigenvalue weighted by atomic mass is 9.96. The molecule has 0 spiro atoms. The number of rotatable bonds is 4. The summed E-state index contributed by atoms with van der Waals surface area (Å²) in [5.74, 6) is -0.755. The van der Waals surface area contributed by atoms with Crippen LogP contribution in [-0.2, 0) is 30.9 Å². The Morgan fingerprint density at radius 3 is 2.91 bits per heavy atom. The average Bonchev–Trinajstić information content (AvgIpc) is 3.17. The van der Waals surface area contributed by atoms with Gasteiger partial charge in [0.1, 0.15) is 24.1 Å². The van der Waals surface area contributed by atoms with Crippen molar-refractivity contribution in [2.75, 3.05) is 11.9 Å². The molecule has 0 aromatic heterocycles. The summed E-state index contributed by atoms with van der Waals surface area (Å²) in [6, 6.07) is 16.6. The fourth-order valence-corrected chi connectivity index (χ4v) is 4.53. The number of hydrogen-bond acceptors (Lipinski definition) is 5. The minimum Gasteiger partial charge on any atom is -0.457 e. The maximum atomic E-state index is 13.9. The number of fused-ring (bicyclic) bond motifs is 2. The Labute approximate surface area is 186 Å². The molecule has 2 aliphatic rings. The summed E-state index contributed by atoms with van der Waals surface area (Å²) in [7, 11) is 0. The first-order chi connectivity index (χ1) is 15.5. The van der Waals surface area contributed by atoms with E-state index in [1.807, 2.05) is 24.3 Å². The lowest BCUT2D eigenvalue weighted by Crippen LogP contribution is -2.30. The number of ether oxygens (including phenoxy) is 1. The van der Waals surface area contributed by atoms with Crippen molar-refractivity contribution in [1.29, 1.82) is 5.26 Å². The van der Waals surface area contributed by atoms with Crippen molar-refractivity contribution in [3.8, 4) is 6.07 Å². The van der Waals surface area contributed by atoms with E-state index < -0.39 is 5.82 Å². The summed E-state index contributed by atoms with van der Waals surface area (Å²) in [4.78, 5) is 14.2. The summed E-state index contributed by atoms with van der Waals surface area (Å²) in [5.41, 5.74) is 7.92. The van der Waals surface area contributed by atoms with Gasteiger partial charge < -0.3 is 10.1 Å². The van der Waals surface area contributed by atoms with Crippen molar-refractivity contribution in [3.63, 3.8) is 0 Å². The third kappa shape index (κ3) is 3.61. The number of cyclic esters (lactones) is 1. The molecule has 0 saturated heterocycles. The molecular weight excluding hydrogens is 405 g/mol. The van der Waals surface area contributed by atoms with Gasteiger partial charge in [-0.25, -0.2) is 9.18 Å². The largest absolute Gasteiger partial charge is 0.457 e. The summed E-state index contributed by atoms with van der Waals surface area (Å²) in [6.07, 6.45) is 0.907. The van der Waals surface area contributed by atoms with Gasteiger partial charge in [-0.1, -0.05) is 18.2 Å². The number of carbonyl (C=O) groups is 1. The number of esters is 1. The van der Waals surface area contributed by atoms with Gasteiger partial charge >= 0.3 is 5.97 Å². The molecule has 0 saturated carbocycles. The maximum Gasteiger partial charge on any atom is 0.338 e. The molecule has 32 heavy (non-hydrogen) atoms. The molecule has 2 heterocycles. The SMILES string of the molecule is Cc1c(CN2CCc3cc(Nc4cccc(F)c4C#N)ccc3C2)ccc2c1COC2=O. The van der Waals surface area contributed by atoms with Crippen molar-refractivity contribution < 1.29 is 13.9 Å². The third-order valence-electron chi connectivity index (χ3n) is 6.37. The van der Waals surface area contributed by atoms with Crippen molar-refractivity contribution in [2.45, 2.75) is 33.0 Å². The van der Waals surface area contributed by atoms with E-state index in [9.17, 15) is 14.4 Å². The Morgan fingerprint density at radius 1 is 1.19 bits per heavy atom. The van der Waals surface area contributed by atoms with Crippen LogP contribution in [0.2, 0.25) is 0 Å². The third-order valence-corrected chi connectivity index (χ3v) is 6.37. The Kier molecular flexibility index (Phi) is 5.12. The standard InChI is InChI=1S/C26H22FN3O2/c1-16-18(6-8-21-23(16)15-32-26(21)31)13-30-10-9-17-11-20(7-5-19(17)14-30)29-25-4-2-3-24(27)22(25)12-28/h2-8,11,29H,9-10,13-15H2,1H3. The first-order valence-electron chi connectivity index (χ1n) is 10.6. The second-order valence-corrected chi connectivity index (χ2v) is 8.30. The lowest BCUT2D eigenvalue weighted by molar-refractivity contribution is 0.0535. The highest BCUT2D eigenvalue weighted by molar-refractivity contribution is 5.93. The molecule has 0 radical (unpaired) electrons. The van der Waals surface area contributed by atoms with E-state index in [-0.39, 0.29) is 11.5 Å². The molecule has 3 aromatic rings. The number of carbonyl (C=O) groups excluding carboxylic acids is 1. The molecule has 0 bridgehead atoms. The van der Waals surface area contributed by atoms with Gasteiger partial charge in [-0.2, -0.15) is 5.26 Å². The minimum atomic E-state index is -0.524. The van der Waals surface area contributed by atoms with Crippen LogP contribution >= 0.6 is 0 Å². The zero-order valence-electron chi connectivity index (χ0n) is 17.7. The predicted octanol–water partition coefficient (Wildman–Crippen LogP) is 4.98. The molecule has 0 amide bonds. The average molecular weight is 427 g/mol. The number of anilines is 2. The zero-order valence-corrected chi connectivity index (χ0v) is 17.7. The van der Waals surface area contributed by atoms with E-state index in [1.54, 1.807) is 12.1 Å². The van der Waals surface area contributed by atoms with Crippen LogP contribution in [0.4, 0.5) is 15.8 Å². The van der Waals surface area contributed by atoms with Crippen LogP contribution in [0.5, 0.6) is 0 Å². The van der Waals surface area contributed by atoms with Crippen LogP contribution in [0, 0.1) is 24.1 Å². The van der Waals surface area contributed by atoms with Gasteiger partial charge in [0.05, 0.1) is 11.3 Å². The molecular formula is C26H22FN3O2. The molecule has 5 nitrogen and oxygen atoms in total. The second kappa shape index (κ2) is 8.10. The van der Waals surface area contributed by atoms with Gasteiger partial charge in [-0.05, 0) is 65.9 Å². The topological polar surface area (TPSA) is 65.4 Å². The molecule has 5 rings (SSSR count). The summed E-state index contributed by atoms with van der Waals surface area (Å²) in [6.45, 7) is 5.01. The molecule has 3 aromatic carbocycles. The van der Waals surface area contributed by atoms with Crippen molar-refractivity contribution in [2.24, 2.45) is 0 Å². The maximum absolute atomic E-state index is 13.9. The molecule has 0 atom stereocenters. The van der Waals surface area contributed by atoms with Crippen molar-refractivity contribution in [3.05, 3.63) is 93.3 Å². The van der Waals surface area contributed by atoms with Crippen LogP contribution < -0.4 is 5.32 Å². The van der Waals surface area contributed by atoms with Crippen LogP contribution in [0.25, 0.3) is 0 Å². The highest BCUT2D eigenvalue weighted by Crippen LogP contribution is 2.30. The van der Waals surface area contributed by atoms with Gasteiger partial charge in [0, 0.05) is 30.9 Å². The number of benzene rings is 3. The number of nitrogens with one attached hydrogen (secondary N) is 1. The van der Waals surface area contributed by atoms with Crippen LogP contribution in [-0.4, -0.2) is 17.4 Å². The Hall–Kier alpha value is -3.69. The Balaban J connectivity index is 1.31. The Bertz CT molecular complexity index is 1280. The fourth-order valence-electron chi connectivity index (χ4n) is 4.53. The van der Waals surface area contributed by atoms with Gasteiger partial charge in [-0.3, -0.25) is 4.90 Å². The van der Waals surface area contributed by atoms with Gasteiger partial charge in [-0.15, -0.1) is 0 Å². The highest BCUT2D eigenvalue weighted by Gasteiger charge is 2.25. The summed E-state index contributed by atoms with van der Waals surface area (Å²) >= 11 is 0. The number of hydrogen-bond donors (Lipinski definition) is 1. The van der Waals surface area contributed by atoms with Gasteiger partial charge in [0.15, 0.2) is 0 Å². The molecule has 0 unspecified atom stereocenters. The lowest BCUT2D eigenvalue weighted by Gasteiger charge is -2.30. The summed E-state index contributed by atoms with van der Waals surface area (Å²) in [5, 5.41) is 12.4. The van der Waals surface area contributed by atoms with Crippen LogP contribution in [0.1, 0.15) is 43.7 Å². The number of nitriles is 1. The van der Waals surface area contributed by atoms with E-state index in [0.29, 0.717) is 17.9 Å². The van der Waals surface area contributed by atoms with Gasteiger partial charge in [0.2, 0.25) is 0 Å². The monoisotopic (exact) mass is 427 g/mol. The van der Waals surface area contributed by atoms with Crippen molar-refractivity contribution in [1.82, 2.24) is 4.90 Å². The first kappa shape index (κ1) is 20.2. The predicted molar refractivity (Wildman–Crippen MR) is 119 cm³/mol. The number of halogens is 1. The smallest absolute Gasteiger partial charge is 0.338 e. The highest BCUT2D eigenvalue weighted by atomic mass is 19.1. The van der Waals surface area contributed by atoms with E-state index in [2.05, 4.69) is 29.3 Å². The minimum absolute atomic E-state index is 0.0215.